The van der Waals surface area contributed by atoms with Crippen LogP contribution in [0.25, 0.3) is 0 Å². The minimum atomic E-state index is -0.727. The molecule has 0 fully saturated rings. The van der Waals surface area contributed by atoms with Crippen molar-refractivity contribution in [1.29, 1.82) is 0 Å². The topological polar surface area (TPSA) is 75.4 Å². The van der Waals surface area contributed by atoms with Gasteiger partial charge in [-0.3, -0.25) is 4.79 Å². The fraction of sp³-hybridized carbons (Fsp3) is 0.412. The summed E-state index contributed by atoms with van der Waals surface area (Å²) in [7, 11) is 0. The summed E-state index contributed by atoms with van der Waals surface area (Å²) in [6.45, 7) is 6.60. The van der Waals surface area contributed by atoms with Crippen LogP contribution in [0.1, 0.15) is 43.7 Å². The van der Waals surface area contributed by atoms with Crippen molar-refractivity contribution in [2.45, 2.75) is 38.7 Å². The number of amides is 1. The number of hydrogen-bond acceptors (Lipinski definition) is 4. The minimum absolute atomic E-state index is 0.0787. The summed E-state index contributed by atoms with van der Waals surface area (Å²) in [5, 5.41) is 16.5. The van der Waals surface area contributed by atoms with Gasteiger partial charge in [0.15, 0.2) is 0 Å². The van der Waals surface area contributed by atoms with Crippen LogP contribution in [0.3, 0.4) is 0 Å². The molecule has 22 heavy (non-hydrogen) atoms. The SMILES string of the molecule is CC(C)(C)c1ccc(C(O)CNC(=O)Cc2ccon2)cc1. The molecule has 1 amide bonds. The van der Waals surface area contributed by atoms with E-state index in [-0.39, 0.29) is 24.3 Å². The highest BCUT2D eigenvalue weighted by atomic mass is 16.5. The first-order chi connectivity index (χ1) is 10.4. The van der Waals surface area contributed by atoms with E-state index in [9.17, 15) is 9.90 Å². The Morgan fingerprint density at radius 2 is 1.95 bits per heavy atom. The number of rotatable bonds is 5. The van der Waals surface area contributed by atoms with Gasteiger partial charge in [-0.15, -0.1) is 0 Å². The van der Waals surface area contributed by atoms with Gasteiger partial charge < -0.3 is 14.9 Å². The molecule has 5 heteroatoms. The van der Waals surface area contributed by atoms with Crippen molar-refractivity contribution in [1.82, 2.24) is 10.5 Å². The molecule has 2 N–H and O–H groups in total. The Labute approximate surface area is 130 Å². The average molecular weight is 302 g/mol. The van der Waals surface area contributed by atoms with E-state index in [2.05, 4.69) is 35.8 Å². The second-order valence-corrected chi connectivity index (χ2v) is 6.36. The standard InChI is InChI=1S/C17H22N2O3/c1-17(2,3)13-6-4-12(5-7-13)15(20)11-18-16(21)10-14-8-9-22-19-14/h4-9,15,20H,10-11H2,1-3H3,(H,18,21). The number of hydrogen-bond donors (Lipinski definition) is 2. The zero-order valence-electron chi connectivity index (χ0n) is 13.2. The van der Waals surface area contributed by atoms with E-state index in [1.807, 2.05) is 24.3 Å². The molecule has 1 unspecified atom stereocenters. The van der Waals surface area contributed by atoms with E-state index >= 15 is 0 Å². The van der Waals surface area contributed by atoms with Crippen LogP contribution in [0.2, 0.25) is 0 Å². The highest BCUT2D eigenvalue weighted by Crippen LogP contribution is 2.23. The molecule has 0 radical (unpaired) electrons. The third kappa shape index (κ3) is 4.43. The highest BCUT2D eigenvalue weighted by molar-refractivity contribution is 5.78. The largest absolute Gasteiger partial charge is 0.387 e. The van der Waals surface area contributed by atoms with Crippen LogP contribution in [0.5, 0.6) is 0 Å². The Bertz CT molecular complexity index is 598. The van der Waals surface area contributed by atoms with Crippen molar-refractivity contribution in [2.24, 2.45) is 0 Å². The Hall–Kier alpha value is -2.14. The average Bonchev–Trinajstić information content (AvgIpc) is 2.97. The number of nitrogens with one attached hydrogen (secondary N) is 1. The van der Waals surface area contributed by atoms with Crippen LogP contribution >= 0.6 is 0 Å². The van der Waals surface area contributed by atoms with Crippen LogP contribution in [0.4, 0.5) is 0 Å². The lowest BCUT2D eigenvalue weighted by Crippen LogP contribution is -2.29. The molecule has 2 aromatic rings. The summed E-state index contributed by atoms with van der Waals surface area (Å²) in [4.78, 5) is 11.7. The number of aliphatic hydroxyl groups excluding tert-OH is 1. The molecular weight excluding hydrogens is 280 g/mol. The molecule has 0 saturated heterocycles. The van der Waals surface area contributed by atoms with Gasteiger partial charge in [0.05, 0.1) is 18.2 Å². The van der Waals surface area contributed by atoms with E-state index in [0.717, 1.165) is 5.56 Å². The molecule has 0 bridgehead atoms. The van der Waals surface area contributed by atoms with Gasteiger partial charge in [-0.25, -0.2) is 0 Å². The molecule has 118 valence electrons. The Balaban J connectivity index is 1.86. The van der Waals surface area contributed by atoms with Crippen LogP contribution in [-0.2, 0) is 16.6 Å². The number of aromatic nitrogens is 1. The zero-order valence-corrected chi connectivity index (χ0v) is 13.2. The minimum Gasteiger partial charge on any atom is -0.387 e. The van der Waals surface area contributed by atoms with Gasteiger partial charge >= 0.3 is 0 Å². The number of carbonyl (C=O) groups is 1. The maximum absolute atomic E-state index is 11.7. The number of carbonyl (C=O) groups excluding carboxylic acids is 1. The molecule has 0 aliphatic carbocycles. The van der Waals surface area contributed by atoms with Crippen molar-refractivity contribution in [3.8, 4) is 0 Å². The van der Waals surface area contributed by atoms with Crippen molar-refractivity contribution in [2.75, 3.05) is 6.54 Å². The molecule has 1 aromatic heterocycles. The summed E-state index contributed by atoms with van der Waals surface area (Å²) in [5.41, 5.74) is 2.64. The third-order valence-electron chi connectivity index (χ3n) is 3.49. The fourth-order valence-corrected chi connectivity index (χ4v) is 2.09. The summed E-state index contributed by atoms with van der Waals surface area (Å²) in [6.07, 6.45) is 0.843. The second kappa shape index (κ2) is 6.75. The van der Waals surface area contributed by atoms with Gasteiger partial charge in [0.1, 0.15) is 6.26 Å². The second-order valence-electron chi connectivity index (χ2n) is 6.36. The van der Waals surface area contributed by atoms with E-state index in [4.69, 9.17) is 0 Å². The predicted octanol–water partition coefficient (Wildman–Crippen LogP) is 2.36. The van der Waals surface area contributed by atoms with Gasteiger partial charge in [0.25, 0.3) is 0 Å². The molecule has 1 atom stereocenters. The van der Waals surface area contributed by atoms with Crippen molar-refractivity contribution in [3.05, 3.63) is 53.4 Å². The fourth-order valence-electron chi connectivity index (χ4n) is 2.09. The molecule has 0 spiro atoms. The first-order valence-electron chi connectivity index (χ1n) is 7.31. The van der Waals surface area contributed by atoms with E-state index in [1.54, 1.807) is 6.07 Å². The Kier molecular flexibility index (Phi) is 4.98. The normalized spacial score (nSPS) is 12.9. The molecule has 0 aliphatic heterocycles. The quantitative estimate of drug-likeness (QED) is 0.889. The molecule has 2 rings (SSSR count). The first kappa shape index (κ1) is 16.2. The van der Waals surface area contributed by atoms with Crippen molar-refractivity contribution < 1.29 is 14.4 Å². The van der Waals surface area contributed by atoms with E-state index in [0.29, 0.717) is 5.69 Å². The summed E-state index contributed by atoms with van der Waals surface area (Å²) in [6, 6.07) is 9.46. The van der Waals surface area contributed by atoms with Crippen LogP contribution in [0.15, 0.2) is 41.1 Å². The summed E-state index contributed by atoms with van der Waals surface area (Å²) >= 11 is 0. The molecule has 5 nitrogen and oxygen atoms in total. The Morgan fingerprint density at radius 3 is 2.50 bits per heavy atom. The van der Waals surface area contributed by atoms with E-state index < -0.39 is 6.10 Å². The van der Waals surface area contributed by atoms with Crippen molar-refractivity contribution in [3.63, 3.8) is 0 Å². The van der Waals surface area contributed by atoms with Crippen LogP contribution in [-0.4, -0.2) is 22.7 Å². The zero-order chi connectivity index (χ0) is 16.2. The first-order valence-corrected chi connectivity index (χ1v) is 7.31. The maximum Gasteiger partial charge on any atom is 0.226 e. The lowest BCUT2D eigenvalue weighted by Gasteiger charge is -2.20. The monoisotopic (exact) mass is 302 g/mol. The molecule has 1 heterocycles. The molecule has 0 saturated carbocycles. The van der Waals surface area contributed by atoms with Crippen LogP contribution < -0.4 is 5.32 Å². The maximum atomic E-state index is 11.7. The lowest BCUT2D eigenvalue weighted by atomic mass is 9.86. The van der Waals surface area contributed by atoms with Gasteiger partial charge in [0, 0.05) is 12.6 Å². The molecular formula is C17H22N2O3. The van der Waals surface area contributed by atoms with Crippen LogP contribution in [0, 0.1) is 0 Å². The van der Waals surface area contributed by atoms with Gasteiger partial charge in [-0.05, 0) is 16.5 Å². The number of aliphatic hydroxyl groups is 1. The lowest BCUT2D eigenvalue weighted by molar-refractivity contribution is -0.121. The predicted molar refractivity (Wildman–Crippen MR) is 83.3 cm³/mol. The summed E-state index contributed by atoms with van der Waals surface area (Å²) < 4.78 is 4.67. The van der Waals surface area contributed by atoms with Gasteiger partial charge in [0.2, 0.25) is 5.91 Å². The summed E-state index contributed by atoms with van der Waals surface area (Å²) in [5.74, 6) is -0.195. The molecule has 0 aliphatic rings. The highest BCUT2D eigenvalue weighted by Gasteiger charge is 2.15. The van der Waals surface area contributed by atoms with Gasteiger partial charge in [-0.1, -0.05) is 50.2 Å². The van der Waals surface area contributed by atoms with E-state index in [1.165, 1.54) is 11.8 Å². The number of benzene rings is 1. The molecule has 1 aromatic carbocycles. The van der Waals surface area contributed by atoms with Gasteiger partial charge in [-0.2, -0.15) is 0 Å². The number of nitrogens with zero attached hydrogens (tertiary/aromatic N) is 1. The smallest absolute Gasteiger partial charge is 0.226 e. The third-order valence-corrected chi connectivity index (χ3v) is 3.49. The Morgan fingerprint density at radius 1 is 1.27 bits per heavy atom. The van der Waals surface area contributed by atoms with Crippen molar-refractivity contribution >= 4 is 5.91 Å².